The van der Waals surface area contributed by atoms with Crippen LogP contribution in [0.2, 0.25) is 0 Å². The van der Waals surface area contributed by atoms with Crippen LogP contribution in [0.1, 0.15) is 52.4 Å². The Morgan fingerprint density at radius 3 is 2.77 bits per heavy atom. The third-order valence-electron chi connectivity index (χ3n) is 6.17. The molecule has 5 heteroatoms. The Hall–Kier alpha value is -2.63. The van der Waals surface area contributed by atoms with Crippen LogP contribution in [-0.2, 0) is 17.7 Å². The average molecular weight is 405 g/mol. The van der Waals surface area contributed by atoms with Crippen molar-refractivity contribution >= 4 is 11.9 Å². The average Bonchev–Trinajstić information content (AvgIpc) is 3.38. The van der Waals surface area contributed by atoms with Crippen molar-refractivity contribution in [1.82, 2.24) is 4.90 Å². The van der Waals surface area contributed by atoms with Crippen LogP contribution in [0.3, 0.4) is 0 Å². The van der Waals surface area contributed by atoms with E-state index in [2.05, 4.69) is 24.0 Å². The van der Waals surface area contributed by atoms with Crippen LogP contribution >= 0.6 is 0 Å². The largest absolute Gasteiger partial charge is 0.477 e. The summed E-state index contributed by atoms with van der Waals surface area (Å²) >= 11 is 0. The molecule has 0 saturated carbocycles. The zero-order valence-corrected chi connectivity index (χ0v) is 17.6. The van der Waals surface area contributed by atoms with E-state index >= 15 is 0 Å². The summed E-state index contributed by atoms with van der Waals surface area (Å²) in [5.74, 6) is 1.78. The quantitative estimate of drug-likeness (QED) is 0.701. The fourth-order valence-electron chi connectivity index (χ4n) is 4.49. The number of carbonyl (C=O) groups excluding carboxylic acids is 1. The summed E-state index contributed by atoms with van der Waals surface area (Å²) in [6, 6.07) is 10.2. The molecule has 0 radical (unpaired) electrons. The van der Waals surface area contributed by atoms with E-state index < -0.39 is 0 Å². The maximum atomic E-state index is 13.1. The predicted octanol–water partition coefficient (Wildman–Crippen LogP) is 4.50. The Labute approximate surface area is 177 Å². The number of hydrogen-bond acceptors (Lipinski definition) is 5. The Bertz CT molecular complexity index is 1000. The number of rotatable bonds is 4. The summed E-state index contributed by atoms with van der Waals surface area (Å²) < 4.78 is 17.9. The maximum Gasteiger partial charge on any atom is 0.231 e. The lowest BCUT2D eigenvalue weighted by Crippen LogP contribution is -2.37. The molecule has 0 aliphatic carbocycles. The highest BCUT2D eigenvalue weighted by Gasteiger charge is 2.34. The first-order chi connectivity index (χ1) is 14.6. The third-order valence-corrected chi connectivity index (χ3v) is 6.17. The van der Waals surface area contributed by atoms with E-state index in [1.165, 1.54) is 5.56 Å². The molecule has 5 rings (SSSR count). The fourth-order valence-corrected chi connectivity index (χ4v) is 4.49. The number of ketones is 1. The van der Waals surface area contributed by atoms with Crippen LogP contribution in [0, 0.1) is 6.92 Å². The minimum absolute atomic E-state index is 0.0632. The second-order valence-electron chi connectivity index (χ2n) is 8.32. The molecule has 30 heavy (non-hydrogen) atoms. The molecule has 1 atom stereocenters. The fraction of sp³-hybridized carbons (Fsp3) is 0.400. The van der Waals surface area contributed by atoms with Gasteiger partial charge in [-0.05, 0) is 49.5 Å². The van der Waals surface area contributed by atoms with Crippen LogP contribution < -0.4 is 9.47 Å². The van der Waals surface area contributed by atoms with E-state index in [-0.39, 0.29) is 11.9 Å². The van der Waals surface area contributed by atoms with Crippen molar-refractivity contribution in [2.45, 2.75) is 45.8 Å². The first-order valence-corrected chi connectivity index (χ1v) is 10.8. The molecule has 0 amide bonds. The number of Topliss-reactive ketones (excluding diaryl/α,β-unsaturated/α-hetero) is 1. The van der Waals surface area contributed by atoms with Gasteiger partial charge in [-0.3, -0.25) is 9.69 Å². The summed E-state index contributed by atoms with van der Waals surface area (Å²) in [6.45, 7) is 7.10. The smallest absolute Gasteiger partial charge is 0.231 e. The standard InChI is InChI=1S/C25H27NO4/c1-3-17-6-8-18(9-7-17)11-22-23(27)21-12-19-13-26(14-20-5-4-10-28-20)15-29-24(19)16(2)25(21)30-22/h6-9,11-12,20H,3-5,10,13-15H2,1-2H3/b22-11-. The lowest BCUT2D eigenvalue weighted by molar-refractivity contribution is 0.0276. The van der Waals surface area contributed by atoms with Gasteiger partial charge in [-0.1, -0.05) is 31.2 Å². The first kappa shape index (κ1) is 19.3. The number of benzene rings is 2. The SMILES string of the molecule is CCc1ccc(/C=C2\Oc3c(cc4c(c3C)OCN(CC3CCCO3)C4)C2=O)cc1. The van der Waals surface area contributed by atoms with Crippen LogP contribution in [0.25, 0.3) is 6.08 Å². The van der Waals surface area contributed by atoms with Gasteiger partial charge in [-0.2, -0.15) is 0 Å². The number of nitrogens with zero attached hydrogens (tertiary/aromatic N) is 1. The normalized spacial score (nSPS) is 22.0. The van der Waals surface area contributed by atoms with E-state index in [9.17, 15) is 4.79 Å². The molecular weight excluding hydrogens is 378 g/mol. The topological polar surface area (TPSA) is 48.0 Å². The Morgan fingerprint density at radius 2 is 2.03 bits per heavy atom. The van der Waals surface area contributed by atoms with E-state index in [0.29, 0.717) is 23.8 Å². The van der Waals surface area contributed by atoms with Crippen LogP contribution in [0.15, 0.2) is 36.1 Å². The van der Waals surface area contributed by atoms with Crippen molar-refractivity contribution in [3.05, 3.63) is 63.9 Å². The first-order valence-electron chi connectivity index (χ1n) is 10.8. The number of allylic oxidation sites excluding steroid dienone is 1. The van der Waals surface area contributed by atoms with Crippen molar-refractivity contribution in [1.29, 1.82) is 0 Å². The molecule has 1 unspecified atom stereocenters. The van der Waals surface area contributed by atoms with Crippen LogP contribution in [-0.4, -0.2) is 36.7 Å². The molecule has 0 spiro atoms. The predicted molar refractivity (Wildman–Crippen MR) is 115 cm³/mol. The highest BCUT2D eigenvalue weighted by molar-refractivity contribution is 6.15. The molecule has 3 aliphatic heterocycles. The molecule has 0 N–H and O–H groups in total. The molecule has 156 valence electrons. The van der Waals surface area contributed by atoms with Gasteiger partial charge < -0.3 is 14.2 Å². The molecule has 3 aliphatic rings. The summed E-state index contributed by atoms with van der Waals surface area (Å²) in [7, 11) is 0. The number of carbonyl (C=O) groups is 1. The monoisotopic (exact) mass is 405 g/mol. The Kier molecular flexibility index (Phi) is 5.09. The third kappa shape index (κ3) is 3.53. The van der Waals surface area contributed by atoms with Crippen molar-refractivity contribution in [2.75, 3.05) is 19.9 Å². The summed E-state index contributed by atoms with van der Waals surface area (Å²) in [6.07, 6.45) is 5.33. The zero-order chi connectivity index (χ0) is 20.7. The van der Waals surface area contributed by atoms with Crippen molar-refractivity contribution in [3.8, 4) is 11.5 Å². The number of hydrogen-bond donors (Lipinski definition) is 0. The summed E-state index contributed by atoms with van der Waals surface area (Å²) in [5, 5.41) is 0. The van der Waals surface area contributed by atoms with E-state index in [4.69, 9.17) is 14.2 Å². The van der Waals surface area contributed by atoms with Crippen molar-refractivity contribution < 1.29 is 19.0 Å². The minimum Gasteiger partial charge on any atom is -0.477 e. The van der Waals surface area contributed by atoms with Crippen molar-refractivity contribution in [3.63, 3.8) is 0 Å². The molecule has 0 aromatic heterocycles. The summed E-state index contributed by atoms with van der Waals surface area (Å²) in [5.41, 5.74) is 4.81. The van der Waals surface area contributed by atoms with Crippen LogP contribution in [0.4, 0.5) is 0 Å². The molecule has 1 fully saturated rings. The molecular formula is C25H27NO4. The number of ether oxygens (including phenoxy) is 3. The highest BCUT2D eigenvalue weighted by Crippen LogP contribution is 2.43. The zero-order valence-electron chi connectivity index (χ0n) is 17.6. The highest BCUT2D eigenvalue weighted by atomic mass is 16.5. The second kappa shape index (κ2) is 7.89. The molecule has 2 aromatic rings. The van der Waals surface area contributed by atoms with E-state index in [0.717, 1.165) is 61.4 Å². The molecule has 5 nitrogen and oxygen atoms in total. The number of fused-ring (bicyclic) bond motifs is 2. The van der Waals surface area contributed by atoms with Gasteiger partial charge in [0, 0.05) is 30.8 Å². The van der Waals surface area contributed by atoms with E-state index in [1.807, 2.05) is 31.2 Å². The van der Waals surface area contributed by atoms with Gasteiger partial charge in [0.15, 0.2) is 5.76 Å². The number of aryl methyl sites for hydroxylation is 1. The summed E-state index contributed by atoms with van der Waals surface area (Å²) in [4.78, 5) is 15.3. The van der Waals surface area contributed by atoms with Gasteiger partial charge in [0.25, 0.3) is 0 Å². The molecule has 0 bridgehead atoms. The van der Waals surface area contributed by atoms with Crippen molar-refractivity contribution in [2.24, 2.45) is 0 Å². The Morgan fingerprint density at radius 1 is 1.20 bits per heavy atom. The van der Waals surface area contributed by atoms with Gasteiger partial charge in [-0.15, -0.1) is 0 Å². The van der Waals surface area contributed by atoms with Gasteiger partial charge in [-0.25, -0.2) is 0 Å². The Balaban J connectivity index is 1.39. The van der Waals surface area contributed by atoms with Gasteiger partial charge in [0.2, 0.25) is 5.78 Å². The lowest BCUT2D eigenvalue weighted by atomic mass is 9.99. The molecule has 1 saturated heterocycles. The van der Waals surface area contributed by atoms with Crippen LogP contribution in [0.5, 0.6) is 11.5 Å². The minimum atomic E-state index is -0.0632. The molecule has 3 heterocycles. The van der Waals surface area contributed by atoms with Gasteiger partial charge in [0.05, 0.1) is 11.7 Å². The maximum absolute atomic E-state index is 13.1. The lowest BCUT2D eigenvalue weighted by Gasteiger charge is -2.31. The van der Waals surface area contributed by atoms with Gasteiger partial charge in [0.1, 0.15) is 18.2 Å². The van der Waals surface area contributed by atoms with E-state index in [1.54, 1.807) is 0 Å². The van der Waals surface area contributed by atoms with Gasteiger partial charge >= 0.3 is 0 Å². The second-order valence-corrected chi connectivity index (χ2v) is 8.32. The molecule has 2 aromatic carbocycles.